The Bertz CT molecular complexity index is 1090. The van der Waals surface area contributed by atoms with Crippen LogP contribution in [-0.4, -0.2) is 39.9 Å². The second-order valence-corrected chi connectivity index (χ2v) is 7.88. The van der Waals surface area contributed by atoms with Crippen molar-refractivity contribution in [3.05, 3.63) is 58.9 Å². The molecule has 0 aliphatic heterocycles. The number of hydrogen-bond donors (Lipinski definition) is 0. The van der Waals surface area contributed by atoms with Gasteiger partial charge in [-0.3, -0.25) is 9.47 Å². The fourth-order valence-corrected chi connectivity index (χ4v) is 3.65. The van der Waals surface area contributed by atoms with E-state index >= 15 is 0 Å². The minimum Gasteiger partial charge on any atom is -0.497 e. The molecule has 0 aliphatic carbocycles. The minimum atomic E-state index is 0.341. The Labute approximate surface area is 182 Å². The van der Waals surface area contributed by atoms with E-state index < -0.39 is 0 Å². The first-order valence-electron chi connectivity index (χ1n) is 9.95. The second-order valence-electron chi connectivity index (χ2n) is 7.51. The van der Waals surface area contributed by atoms with E-state index in [1.165, 1.54) is 5.56 Å². The lowest BCUT2D eigenvalue weighted by Crippen LogP contribution is -2.23. The number of para-hydroxylation sites is 1. The first kappa shape index (κ1) is 21.8. The van der Waals surface area contributed by atoms with Crippen molar-refractivity contribution in [2.24, 2.45) is 0 Å². The SMILES string of the molecule is COc1ccc(-c2nn(CN(C)CCC#N)c(=S)n2-c2ccccc2C(C)C)cc1. The molecule has 0 N–H and O–H groups in total. The number of aromatic nitrogens is 3. The van der Waals surface area contributed by atoms with E-state index in [1.807, 2.05) is 51.5 Å². The molecule has 0 radical (unpaired) electrons. The van der Waals surface area contributed by atoms with Crippen molar-refractivity contribution >= 4 is 12.2 Å². The Kier molecular flexibility index (Phi) is 7.03. The van der Waals surface area contributed by atoms with Crippen LogP contribution in [0.3, 0.4) is 0 Å². The summed E-state index contributed by atoms with van der Waals surface area (Å²) in [6.45, 7) is 5.53. The monoisotopic (exact) mass is 421 g/mol. The van der Waals surface area contributed by atoms with Gasteiger partial charge in [-0.05, 0) is 61.1 Å². The topological polar surface area (TPSA) is 59.0 Å². The van der Waals surface area contributed by atoms with Gasteiger partial charge >= 0.3 is 0 Å². The van der Waals surface area contributed by atoms with Crippen molar-refractivity contribution in [2.75, 3.05) is 20.7 Å². The molecule has 0 atom stereocenters. The first-order chi connectivity index (χ1) is 14.5. The molecule has 0 bridgehead atoms. The lowest BCUT2D eigenvalue weighted by molar-refractivity contribution is 0.257. The molecule has 6 nitrogen and oxygen atoms in total. The molecule has 0 spiro atoms. The molecule has 0 saturated carbocycles. The molecule has 1 aromatic heterocycles. The average molecular weight is 422 g/mol. The lowest BCUT2D eigenvalue weighted by Gasteiger charge is -2.15. The van der Waals surface area contributed by atoms with Crippen LogP contribution in [0.4, 0.5) is 0 Å². The van der Waals surface area contributed by atoms with E-state index in [1.54, 1.807) is 7.11 Å². The van der Waals surface area contributed by atoms with Crippen LogP contribution < -0.4 is 4.74 Å². The number of methoxy groups -OCH3 is 1. The molecular formula is C23H27N5OS. The predicted molar refractivity (Wildman–Crippen MR) is 121 cm³/mol. The summed E-state index contributed by atoms with van der Waals surface area (Å²) in [5.41, 5.74) is 3.20. The van der Waals surface area contributed by atoms with Gasteiger partial charge in [-0.1, -0.05) is 32.0 Å². The van der Waals surface area contributed by atoms with Crippen molar-refractivity contribution in [1.82, 2.24) is 19.2 Å². The molecular weight excluding hydrogens is 394 g/mol. The van der Waals surface area contributed by atoms with Crippen LogP contribution in [0.5, 0.6) is 5.75 Å². The molecule has 0 aliphatic rings. The Morgan fingerprint density at radius 1 is 1.17 bits per heavy atom. The smallest absolute Gasteiger partial charge is 0.204 e. The highest BCUT2D eigenvalue weighted by molar-refractivity contribution is 7.71. The molecule has 7 heteroatoms. The van der Waals surface area contributed by atoms with Gasteiger partial charge in [0.2, 0.25) is 4.77 Å². The van der Waals surface area contributed by atoms with Crippen molar-refractivity contribution in [2.45, 2.75) is 32.9 Å². The maximum Gasteiger partial charge on any atom is 0.204 e. The van der Waals surface area contributed by atoms with Crippen LogP contribution in [-0.2, 0) is 6.67 Å². The van der Waals surface area contributed by atoms with Crippen LogP contribution in [0.2, 0.25) is 0 Å². The van der Waals surface area contributed by atoms with Crippen molar-refractivity contribution < 1.29 is 4.74 Å². The van der Waals surface area contributed by atoms with Gasteiger partial charge in [0.1, 0.15) is 5.75 Å². The van der Waals surface area contributed by atoms with Crippen LogP contribution in [0, 0.1) is 16.1 Å². The third kappa shape index (κ3) is 4.61. The number of nitrogens with zero attached hydrogens (tertiary/aromatic N) is 5. The molecule has 156 valence electrons. The van der Waals surface area contributed by atoms with Crippen molar-refractivity contribution in [3.63, 3.8) is 0 Å². The van der Waals surface area contributed by atoms with Gasteiger partial charge < -0.3 is 4.74 Å². The maximum atomic E-state index is 8.87. The van der Waals surface area contributed by atoms with E-state index in [9.17, 15) is 0 Å². The molecule has 0 saturated heterocycles. The Morgan fingerprint density at radius 2 is 1.87 bits per heavy atom. The van der Waals surface area contributed by atoms with Crippen molar-refractivity contribution in [3.8, 4) is 28.9 Å². The van der Waals surface area contributed by atoms with E-state index in [4.69, 9.17) is 27.3 Å². The molecule has 0 fully saturated rings. The third-order valence-electron chi connectivity index (χ3n) is 4.97. The Hall–Kier alpha value is -2.95. The average Bonchev–Trinajstić information content (AvgIpc) is 3.08. The van der Waals surface area contributed by atoms with Gasteiger partial charge in [-0.25, -0.2) is 4.68 Å². The quantitative estimate of drug-likeness (QED) is 0.479. The normalized spacial score (nSPS) is 11.1. The predicted octanol–water partition coefficient (Wildman–Crippen LogP) is 5.01. The van der Waals surface area contributed by atoms with E-state index in [2.05, 4.69) is 38.1 Å². The summed E-state index contributed by atoms with van der Waals surface area (Å²) < 4.78 is 9.80. The number of benzene rings is 2. The highest BCUT2D eigenvalue weighted by Gasteiger charge is 2.18. The van der Waals surface area contributed by atoms with Gasteiger partial charge in [0.15, 0.2) is 5.82 Å². The summed E-state index contributed by atoms with van der Waals surface area (Å²) in [5, 5.41) is 13.7. The molecule has 1 heterocycles. The zero-order valence-electron chi connectivity index (χ0n) is 17.9. The molecule has 2 aromatic carbocycles. The summed E-state index contributed by atoms with van der Waals surface area (Å²) in [5.74, 6) is 1.92. The molecule has 3 aromatic rings. The largest absolute Gasteiger partial charge is 0.497 e. The first-order valence-corrected chi connectivity index (χ1v) is 10.4. The number of nitriles is 1. The fraction of sp³-hybridized carbons (Fsp3) is 0.348. The molecule has 0 amide bonds. The third-order valence-corrected chi connectivity index (χ3v) is 5.36. The van der Waals surface area contributed by atoms with E-state index in [0.717, 1.165) is 22.8 Å². The Balaban J connectivity index is 2.16. The highest BCUT2D eigenvalue weighted by atomic mass is 32.1. The number of rotatable bonds is 8. The summed E-state index contributed by atoms with van der Waals surface area (Å²) in [6, 6.07) is 18.3. The fourth-order valence-electron chi connectivity index (χ4n) is 3.36. The van der Waals surface area contributed by atoms with Crippen LogP contribution >= 0.6 is 12.2 Å². The second kappa shape index (κ2) is 9.70. The minimum absolute atomic E-state index is 0.341. The standard InChI is InChI=1S/C23H27N5OS/c1-17(2)20-8-5-6-9-21(20)28-22(18-10-12-19(29-4)13-11-18)25-27(23(28)30)16-26(3)15-7-14-24/h5-6,8-13,17H,7,15-16H2,1-4H3. The Morgan fingerprint density at radius 3 is 2.50 bits per heavy atom. The molecule has 30 heavy (non-hydrogen) atoms. The summed E-state index contributed by atoms with van der Waals surface area (Å²) >= 11 is 5.87. The van der Waals surface area contributed by atoms with Gasteiger partial charge in [0, 0.05) is 18.5 Å². The molecule has 0 unspecified atom stereocenters. The van der Waals surface area contributed by atoms with Crippen LogP contribution in [0.15, 0.2) is 48.5 Å². The van der Waals surface area contributed by atoms with E-state index in [-0.39, 0.29) is 0 Å². The summed E-state index contributed by atoms with van der Waals surface area (Å²) in [6.07, 6.45) is 0.464. The van der Waals surface area contributed by atoms with Crippen LogP contribution in [0.1, 0.15) is 31.7 Å². The summed E-state index contributed by atoms with van der Waals surface area (Å²) in [7, 11) is 3.62. The van der Waals surface area contributed by atoms with Crippen LogP contribution in [0.25, 0.3) is 17.1 Å². The number of hydrogen-bond acceptors (Lipinski definition) is 5. The van der Waals surface area contributed by atoms with Gasteiger partial charge in [-0.15, -0.1) is 5.10 Å². The highest BCUT2D eigenvalue weighted by Crippen LogP contribution is 2.29. The maximum absolute atomic E-state index is 8.87. The summed E-state index contributed by atoms with van der Waals surface area (Å²) in [4.78, 5) is 2.04. The zero-order chi connectivity index (χ0) is 21.7. The lowest BCUT2D eigenvalue weighted by atomic mass is 10.0. The van der Waals surface area contributed by atoms with Gasteiger partial charge in [-0.2, -0.15) is 5.26 Å². The van der Waals surface area contributed by atoms with Gasteiger partial charge in [0.25, 0.3) is 0 Å². The van der Waals surface area contributed by atoms with Gasteiger partial charge in [0.05, 0.1) is 25.5 Å². The number of ether oxygens (including phenoxy) is 1. The zero-order valence-corrected chi connectivity index (χ0v) is 18.7. The van der Waals surface area contributed by atoms with Crippen molar-refractivity contribution in [1.29, 1.82) is 5.26 Å². The molecule has 3 rings (SSSR count). The van der Waals surface area contributed by atoms with E-state index in [0.29, 0.717) is 30.3 Å².